The number of nitrogens with zero attached hydrogens (tertiary/aromatic N) is 2. The van der Waals surface area contributed by atoms with E-state index in [1.807, 2.05) is 0 Å². The highest BCUT2D eigenvalue weighted by molar-refractivity contribution is 5.78. The van der Waals surface area contributed by atoms with Gasteiger partial charge in [0.1, 0.15) is 0 Å². The molecule has 0 aliphatic carbocycles. The van der Waals surface area contributed by atoms with Crippen LogP contribution in [-0.2, 0) is 4.74 Å². The maximum absolute atomic E-state index is 5.93. The van der Waals surface area contributed by atoms with E-state index >= 15 is 0 Å². The molecule has 2 atom stereocenters. The third-order valence-electron chi connectivity index (χ3n) is 3.62. The number of hydrogen-bond acceptors (Lipinski definition) is 3. The highest BCUT2D eigenvalue weighted by atomic mass is 16.5. The normalized spacial score (nSPS) is 23.1. The van der Waals surface area contributed by atoms with Crippen LogP contribution in [0, 0.1) is 5.92 Å². The molecular weight excluding hydrogens is 252 g/mol. The van der Waals surface area contributed by atoms with Crippen LogP contribution in [0.3, 0.4) is 0 Å². The Morgan fingerprint density at radius 1 is 1.40 bits per heavy atom. The molecule has 1 heterocycles. The molecule has 0 saturated carbocycles. The summed E-state index contributed by atoms with van der Waals surface area (Å²) in [6.07, 6.45) is 3.81. The summed E-state index contributed by atoms with van der Waals surface area (Å²) in [5, 5.41) is 3.26. The van der Waals surface area contributed by atoms with E-state index in [2.05, 4.69) is 43.0 Å². The number of morpholine rings is 1. The third kappa shape index (κ3) is 7.70. The number of nitrogens with one attached hydrogen (secondary N) is 1. The minimum Gasteiger partial charge on any atom is -0.374 e. The number of hydrogen-bond donors (Lipinski definition) is 2. The van der Waals surface area contributed by atoms with Crippen molar-refractivity contribution < 1.29 is 4.74 Å². The lowest BCUT2D eigenvalue weighted by Gasteiger charge is -2.29. The summed E-state index contributed by atoms with van der Waals surface area (Å²) in [4.78, 5) is 6.66. The average molecular weight is 284 g/mol. The van der Waals surface area contributed by atoms with Crippen LogP contribution in [0.4, 0.5) is 0 Å². The number of likely N-dealkylation sites (N-methyl/N-ethyl adjacent to an activating group) is 1. The summed E-state index contributed by atoms with van der Waals surface area (Å²) < 4.78 is 5.66. The minimum atomic E-state index is 0.172. The SMILES string of the molecule is CC(C)CCCC(C)NC(N)=NCC1CN(C)CCO1. The lowest BCUT2D eigenvalue weighted by atomic mass is 10.0. The van der Waals surface area contributed by atoms with Gasteiger partial charge in [-0.15, -0.1) is 0 Å². The summed E-state index contributed by atoms with van der Waals surface area (Å²) in [5.74, 6) is 1.31. The summed E-state index contributed by atoms with van der Waals surface area (Å²) in [6, 6.07) is 0.382. The minimum absolute atomic E-state index is 0.172. The van der Waals surface area contributed by atoms with Gasteiger partial charge in [-0.05, 0) is 26.3 Å². The fourth-order valence-electron chi connectivity index (χ4n) is 2.38. The second-order valence-electron chi connectivity index (χ2n) is 6.35. The van der Waals surface area contributed by atoms with E-state index < -0.39 is 0 Å². The first-order valence-corrected chi connectivity index (χ1v) is 7.84. The standard InChI is InChI=1S/C15H32N4O/c1-12(2)6-5-7-13(3)18-15(16)17-10-14-11-19(4)8-9-20-14/h12-14H,5-11H2,1-4H3,(H3,16,17,18). The molecule has 20 heavy (non-hydrogen) atoms. The second-order valence-corrected chi connectivity index (χ2v) is 6.35. The van der Waals surface area contributed by atoms with Gasteiger partial charge in [-0.3, -0.25) is 4.99 Å². The Kier molecular flexibility index (Phi) is 7.92. The van der Waals surface area contributed by atoms with Crippen molar-refractivity contribution in [2.24, 2.45) is 16.6 Å². The van der Waals surface area contributed by atoms with E-state index in [1.54, 1.807) is 0 Å². The van der Waals surface area contributed by atoms with E-state index in [9.17, 15) is 0 Å². The summed E-state index contributed by atoms with van der Waals surface area (Å²) in [5.41, 5.74) is 5.93. The Bertz CT molecular complexity index is 294. The molecule has 0 aromatic carbocycles. The van der Waals surface area contributed by atoms with Crippen molar-refractivity contribution >= 4 is 5.96 Å². The molecule has 0 aromatic heterocycles. The summed E-state index contributed by atoms with van der Waals surface area (Å²) in [7, 11) is 2.11. The number of ether oxygens (including phenoxy) is 1. The molecule has 0 radical (unpaired) electrons. The summed E-state index contributed by atoms with van der Waals surface area (Å²) in [6.45, 7) is 10.0. The van der Waals surface area contributed by atoms with Gasteiger partial charge in [-0.2, -0.15) is 0 Å². The maximum Gasteiger partial charge on any atom is 0.188 e. The number of rotatable bonds is 7. The lowest BCUT2D eigenvalue weighted by Crippen LogP contribution is -2.43. The van der Waals surface area contributed by atoms with E-state index in [1.165, 1.54) is 12.8 Å². The first-order valence-electron chi connectivity index (χ1n) is 7.84. The maximum atomic E-state index is 5.93. The Morgan fingerprint density at radius 2 is 2.15 bits per heavy atom. The molecule has 5 heteroatoms. The van der Waals surface area contributed by atoms with Crippen LogP contribution in [0.1, 0.15) is 40.0 Å². The Hall–Kier alpha value is -0.810. The molecule has 1 saturated heterocycles. The highest BCUT2D eigenvalue weighted by Crippen LogP contribution is 2.08. The van der Waals surface area contributed by atoms with Crippen LogP contribution in [0.25, 0.3) is 0 Å². The van der Waals surface area contributed by atoms with Crippen LogP contribution in [-0.4, -0.2) is 56.3 Å². The van der Waals surface area contributed by atoms with Crippen LogP contribution < -0.4 is 11.1 Å². The molecule has 1 fully saturated rings. The Morgan fingerprint density at radius 3 is 2.80 bits per heavy atom. The smallest absolute Gasteiger partial charge is 0.188 e. The Labute approximate surface area is 124 Å². The molecule has 0 amide bonds. The average Bonchev–Trinajstić information content (AvgIpc) is 2.36. The molecule has 2 unspecified atom stereocenters. The molecule has 1 aliphatic heterocycles. The molecule has 0 aromatic rings. The van der Waals surface area contributed by atoms with E-state index in [0.717, 1.165) is 32.0 Å². The van der Waals surface area contributed by atoms with Crippen molar-refractivity contribution in [3.05, 3.63) is 0 Å². The molecule has 0 bridgehead atoms. The molecule has 118 valence electrons. The third-order valence-corrected chi connectivity index (χ3v) is 3.62. The predicted molar refractivity (Wildman–Crippen MR) is 85.0 cm³/mol. The second kappa shape index (κ2) is 9.19. The molecule has 3 N–H and O–H groups in total. The lowest BCUT2D eigenvalue weighted by molar-refractivity contribution is -0.0136. The van der Waals surface area contributed by atoms with E-state index in [0.29, 0.717) is 18.5 Å². The quantitative estimate of drug-likeness (QED) is 0.548. The first-order chi connectivity index (χ1) is 9.47. The van der Waals surface area contributed by atoms with Gasteiger partial charge in [0.2, 0.25) is 0 Å². The van der Waals surface area contributed by atoms with Crippen molar-refractivity contribution in [3.63, 3.8) is 0 Å². The van der Waals surface area contributed by atoms with Gasteiger partial charge >= 0.3 is 0 Å². The largest absolute Gasteiger partial charge is 0.374 e. The summed E-state index contributed by atoms with van der Waals surface area (Å²) >= 11 is 0. The van der Waals surface area contributed by atoms with Gasteiger partial charge in [0.15, 0.2) is 5.96 Å². The molecule has 0 spiro atoms. The van der Waals surface area contributed by atoms with Gasteiger partial charge in [0.25, 0.3) is 0 Å². The van der Waals surface area contributed by atoms with Crippen molar-refractivity contribution in [3.8, 4) is 0 Å². The highest BCUT2D eigenvalue weighted by Gasteiger charge is 2.17. The number of nitrogens with two attached hydrogens (primary N) is 1. The monoisotopic (exact) mass is 284 g/mol. The fraction of sp³-hybridized carbons (Fsp3) is 0.933. The first kappa shape index (κ1) is 17.2. The van der Waals surface area contributed by atoms with Crippen LogP contribution >= 0.6 is 0 Å². The van der Waals surface area contributed by atoms with E-state index in [4.69, 9.17) is 10.5 Å². The van der Waals surface area contributed by atoms with Crippen molar-refractivity contribution in [2.45, 2.75) is 52.2 Å². The molecule has 1 rings (SSSR count). The Balaban J connectivity index is 2.19. The number of guanidine groups is 1. The fourth-order valence-corrected chi connectivity index (χ4v) is 2.38. The number of aliphatic imine (C=N–C) groups is 1. The van der Waals surface area contributed by atoms with Crippen LogP contribution in [0.5, 0.6) is 0 Å². The topological polar surface area (TPSA) is 62.9 Å². The zero-order valence-electron chi connectivity index (χ0n) is 13.6. The molecular formula is C15H32N4O. The van der Waals surface area contributed by atoms with Gasteiger partial charge in [-0.1, -0.05) is 26.7 Å². The zero-order chi connectivity index (χ0) is 15.0. The van der Waals surface area contributed by atoms with Crippen molar-refractivity contribution in [2.75, 3.05) is 33.3 Å². The zero-order valence-corrected chi connectivity index (χ0v) is 13.6. The molecule has 5 nitrogen and oxygen atoms in total. The van der Waals surface area contributed by atoms with Gasteiger partial charge in [0.05, 0.1) is 19.3 Å². The van der Waals surface area contributed by atoms with Crippen molar-refractivity contribution in [1.29, 1.82) is 0 Å². The van der Waals surface area contributed by atoms with Crippen LogP contribution in [0.15, 0.2) is 4.99 Å². The van der Waals surface area contributed by atoms with Crippen LogP contribution in [0.2, 0.25) is 0 Å². The van der Waals surface area contributed by atoms with Gasteiger partial charge < -0.3 is 20.7 Å². The molecule has 1 aliphatic rings. The van der Waals surface area contributed by atoms with Gasteiger partial charge in [0, 0.05) is 19.1 Å². The van der Waals surface area contributed by atoms with Crippen molar-refractivity contribution in [1.82, 2.24) is 10.2 Å². The van der Waals surface area contributed by atoms with Gasteiger partial charge in [-0.25, -0.2) is 0 Å². The van der Waals surface area contributed by atoms with E-state index in [-0.39, 0.29) is 6.10 Å². The predicted octanol–water partition coefficient (Wildman–Crippen LogP) is 1.44.